The van der Waals surface area contributed by atoms with Crippen LogP contribution >= 0.6 is 0 Å². The molecule has 3 rings (SSSR count). The number of ether oxygens (including phenoxy) is 1. The summed E-state index contributed by atoms with van der Waals surface area (Å²) >= 11 is 0. The molecule has 2 nitrogen and oxygen atoms in total. The minimum atomic E-state index is -0.263. The van der Waals surface area contributed by atoms with Gasteiger partial charge >= 0.3 is 0 Å². The van der Waals surface area contributed by atoms with Crippen LogP contribution in [0, 0.1) is 5.82 Å². The highest BCUT2D eigenvalue weighted by atomic mass is 19.1. The summed E-state index contributed by atoms with van der Waals surface area (Å²) in [6, 6.07) is 12.3. The molecule has 0 spiro atoms. The molecule has 3 heteroatoms. The van der Waals surface area contributed by atoms with Crippen molar-refractivity contribution in [2.75, 3.05) is 5.32 Å². The van der Waals surface area contributed by atoms with E-state index in [1.165, 1.54) is 12.1 Å². The Morgan fingerprint density at radius 1 is 1.06 bits per heavy atom. The zero-order valence-corrected chi connectivity index (χ0v) is 8.53. The maximum atomic E-state index is 13.1. The van der Waals surface area contributed by atoms with E-state index in [-0.39, 0.29) is 5.82 Å². The molecule has 0 amide bonds. The molecule has 2 aromatic carbocycles. The van der Waals surface area contributed by atoms with Gasteiger partial charge in [0, 0.05) is 18.2 Å². The second-order valence-corrected chi connectivity index (χ2v) is 3.70. The lowest BCUT2D eigenvalue weighted by atomic mass is 10.2. The highest BCUT2D eigenvalue weighted by molar-refractivity contribution is 5.60. The summed E-state index contributed by atoms with van der Waals surface area (Å²) in [5.74, 6) is 1.22. The highest BCUT2D eigenvalue weighted by Crippen LogP contribution is 2.35. The smallest absolute Gasteiger partial charge is 0.150 e. The summed E-state index contributed by atoms with van der Waals surface area (Å²) < 4.78 is 18.8. The molecule has 0 bridgehead atoms. The summed E-state index contributed by atoms with van der Waals surface area (Å²) in [5, 5.41) is 3.16. The lowest BCUT2D eigenvalue weighted by Gasteiger charge is -2.07. The average Bonchev–Trinajstić information content (AvgIpc) is 2.48. The number of halogens is 1. The molecule has 0 saturated heterocycles. The van der Waals surface area contributed by atoms with Crippen LogP contribution in [0.3, 0.4) is 0 Å². The molecule has 16 heavy (non-hydrogen) atoms. The third kappa shape index (κ3) is 1.50. The number of nitrogens with one attached hydrogen (secondary N) is 1. The van der Waals surface area contributed by atoms with Crippen molar-refractivity contribution in [2.24, 2.45) is 0 Å². The summed E-state index contributed by atoms with van der Waals surface area (Å²) in [6.07, 6.45) is 0. The lowest BCUT2D eigenvalue weighted by Crippen LogP contribution is -1.97. The van der Waals surface area contributed by atoms with E-state index < -0.39 is 0 Å². The van der Waals surface area contributed by atoms with Gasteiger partial charge in [0.15, 0.2) is 5.75 Å². The molecule has 0 aliphatic carbocycles. The van der Waals surface area contributed by atoms with Crippen LogP contribution in [0.1, 0.15) is 5.56 Å². The molecule has 80 valence electrons. The molecule has 0 aromatic heterocycles. The van der Waals surface area contributed by atoms with E-state index in [9.17, 15) is 4.39 Å². The highest BCUT2D eigenvalue weighted by Gasteiger charge is 2.13. The minimum absolute atomic E-state index is 0.263. The first-order valence-corrected chi connectivity index (χ1v) is 5.12. The van der Waals surface area contributed by atoms with Crippen LogP contribution in [0.4, 0.5) is 10.1 Å². The van der Waals surface area contributed by atoms with Gasteiger partial charge in [-0.15, -0.1) is 0 Å². The summed E-state index contributed by atoms with van der Waals surface area (Å²) in [6.45, 7) is 0.645. The van der Waals surface area contributed by atoms with Gasteiger partial charge in [0.05, 0.1) is 5.69 Å². The van der Waals surface area contributed by atoms with Gasteiger partial charge in [-0.2, -0.15) is 0 Å². The van der Waals surface area contributed by atoms with Gasteiger partial charge in [0.2, 0.25) is 0 Å². The molecule has 0 radical (unpaired) electrons. The van der Waals surface area contributed by atoms with E-state index in [0.29, 0.717) is 18.0 Å². The topological polar surface area (TPSA) is 21.3 Å². The SMILES string of the molecule is Fc1ccc2c(c1)NCc1ccccc1O2. The van der Waals surface area contributed by atoms with Crippen molar-refractivity contribution in [3.63, 3.8) is 0 Å². The largest absolute Gasteiger partial charge is 0.455 e. The van der Waals surface area contributed by atoms with Gasteiger partial charge in [0.25, 0.3) is 0 Å². The van der Waals surface area contributed by atoms with E-state index >= 15 is 0 Å². The predicted molar refractivity (Wildman–Crippen MR) is 60.2 cm³/mol. The molecule has 0 atom stereocenters. The predicted octanol–water partition coefficient (Wildman–Crippen LogP) is 3.54. The monoisotopic (exact) mass is 215 g/mol. The van der Waals surface area contributed by atoms with E-state index in [4.69, 9.17) is 4.74 Å². The number of hydrogen-bond acceptors (Lipinski definition) is 2. The Balaban J connectivity index is 2.08. The van der Waals surface area contributed by atoms with Crippen LogP contribution in [0.2, 0.25) is 0 Å². The molecule has 2 aromatic rings. The zero-order chi connectivity index (χ0) is 11.0. The first-order valence-electron chi connectivity index (χ1n) is 5.12. The second-order valence-electron chi connectivity index (χ2n) is 3.70. The molecule has 0 unspecified atom stereocenters. The Kier molecular flexibility index (Phi) is 2.03. The maximum Gasteiger partial charge on any atom is 0.150 e. The van der Waals surface area contributed by atoms with E-state index in [2.05, 4.69) is 5.32 Å². The Morgan fingerprint density at radius 3 is 2.88 bits per heavy atom. The molecule has 0 fully saturated rings. The Morgan fingerprint density at radius 2 is 1.94 bits per heavy atom. The Bertz CT molecular complexity index is 539. The van der Waals surface area contributed by atoms with Crippen molar-refractivity contribution < 1.29 is 9.13 Å². The molecular weight excluding hydrogens is 205 g/mol. The molecule has 1 heterocycles. The van der Waals surface area contributed by atoms with Gasteiger partial charge in [0.1, 0.15) is 11.6 Å². The van der Waals surface area contributed by atoms with Crippen molar-refractivity contribution in [1.29, 1.82) is 0 Å². The molecule has 1 aliphatic heterocycles. The van der Waals surface area contributed by atoms with Gasteiger partial charge in [-0.1, -0.05) is 18.2 Å². The second kappa shape index (κ2) is 3.52. The van der Waals surface area contributed by atoms with Gasteiger partial charge in [-0.3, -0.25) is 0 Å². The molecular formula is C13H10FNO. The summed E-state index contributed by atoms with van der Waals surface area (Å²) in [4.78, 5) is 0. The van der Waals surface area contributed by atoms with E-state index in [1.807, 2.05) is 24.3 Å². The normalized spacial score (nSPS) is 12.8. The molecule has 0 saturated carbocycles. The van der Waals surface area contributed by atoms with Gasteiger partial charge in [-0.25, -0.2) is 4.39 Å². The van der Waals surface area contributed by atoms with E-state index in [1.54, 1.807) is 6.07 Å². The number of benzene rings is 2. The standard InChI is InChI=1S/C13H10FNO/c14-10-5-6-13-11(7-10)15-8-9-3-1-2-4-12(9)16-13/h1-7,15H,8H2. The number of para-hydroxylation sites is 1. The first kappa shape index (κ1) is 9.21. The quantitative estimate of drug-likeness (QED) is 0.725. The lowest BCUT2D eigenvalue weighted by molar-refractivity contribution is 0.482. The van der Waals surface area contributed by atoms with Crippen LogP contribution in [-0.4, -0.2) is 0 Å². The van der Waals surface area contributed by atoms with Crippen LogP contribution in [0.25, 0.3) is 0 Å². The first-order chi connectivity index (χ1) is 7.83. The number of anilines is 1. The number of hydrogen-bond donors (Lipinski definition) is 1. The maximum absolute atomic E-state index is 13.1. The third-order valence-corrected chi connectivity index (χ3v) is 2.60. The van der Waals surface area contributed by atoms with Crippen molar-refractivity contribution in [3.8, 4) is 11.5 Å². The summed E-state index contributed by atoms with van der Waals surface area (Å²) in [7, 11) is 0. The van der Waals surface area contributed by atoms with E-state index in [0.717, 1.165) is 11.3 Å². The van der Waals surface area contributed by atoms with Crippen molar-refractivity contribution in [2.45, 2.75) is 6.54 Å². The van der Waals surface area contributed by atoms with Crippen LogP contribution in [0.5, 0.6) is 11.5 Å². The molecule has 1 N–H and O–H groups in total. The summed E-state index contributed by atoms with van der Waals surface area (Å²) in [5.41, 5.74) is 1.76. The van der Waals surface area contributed by atoms with Gasteiger partial charge in [-0.05, 0) is 18.2 Å². The van der Waals surface area contributed by atoms with Gasteiger partial charge < -0.3 is 10.1 Å². The zero-order valence-electron chi connectivity index (χ0n) is 8.53. The average molecular weight is 215 g/mol. The third-order valence-electron chi connectivity index (χ3n) is 2.60. The minimum Gasteiger partial charge on any atom is -0.455 e. The van der Waals surface area contributed by atoms with Crippen molar-refractivity contribution in [3.05, 3.63) is 53.8 Å². The molecule has 1 aliphatic rings. The van der Waals surface area contributed by atoms with Crippen molar-refractivity contribution >= 4 is 5.69 Å². The fourth-order valence-corrected chi connectivity index (χ4v) is 1.79. The van der Waals surface area contributed by atoms with Crippen molar-refractivity contribution in [1.82, 2.24) is 0 Å². The van der Waals surface area contributed by atoms with Crippen LogP contribution in [0.15, 0.2) is 42.5 Å². The Hall–Kier alpha value is -2.03. The fraction of sp³-hybridized carbons (Fsp3) is 0.0769. The number of rotatable bonds is 0. The van der Waals surface area contributed by atoms with Crippen LogP contribution < -0.4 is 10.1 Å². The number of fused-ring (bicyclic) bond motifs is 2. The fourth-order valence-electron chi connectivity index (χ4n) is 1.79. The Labute approximate surface area is 92.7 Å². The van der Waals surface area contributed by atoms with Crippen LogP contribution in [-0.2, 0) is 6.54 Å².